The van der Waals surface area contributed by atoms with Crippen LogP contribution >= 0.6 is 0 Å². The molecule has 0 atom stereocenters. The molecule has 0 spiro atoms. The molecule has 7 nitrogen and oxygen atoms in total. The summed E-state index contributed by atoms with van der Waals surface area (Å²) in [6.45, 7) is 0. The van der Waals surface area contributed by atoms with Crippen LogP contribution in [-0.2, 0) is 0 Å². The molecule has 0 aromatic carbocycles. The number of aromatic nitrogens is 6. The highest BCUT2D eigenvalue weighted by atomic mass is 16.3. The number of H-pyrrole nitrogens is 2. The highest BCUT2D eigenvalue weighted by Gasteiger charge is 2.15. The minimum absolute atomic E-state index is 0.835. The van der Waals surface area contributed by atoms with Crippen LogP contribution in [-0.4, -0.2) is 30.1 Å². The van der Waals surface area contributed by atoms with E-state index in [0.29, 0.717) is 0 Å². The van der Waals surface area contributed by atoms with Gasteiger partial charge in [-0.25, -0.2) is 0 Å². The summed E-state index contributed by atoms with van der Waals surface area (Å²) in [7, 11) is 0. The number of pyridine rings is 3. The van der Waals surface area contributed by atoms with Crippen LogP contribution in [0.3, 0.4) is 0 Å². The van der Waals surface area contributed by atoms with Crippen molar-refractivity contribution >= 4 is 21.8 Å². The summed E-state index contributed by atoms with van der Waals surface area (Å²) in [6, 6.07) is 9.95. The van der Waals surface area contributed by atoms with E-state index in [9.17, 15) is 0 Å². The fourth-order valence-electron chi connectivity index (χ4n) is 3.62. The predicted octanol–water partition coefficient (Wildman–Crippen LogP) is 4.82. The number of fused-ring (bicyclic) bond motifs is 2. The lowest BCUT2D eigenvalue weighted by atomic mass is 10.1. The summed E-state index contributed by atoms with van der Waals surface area (Å²) in [6.07, 6.45) is 12.4. The van der Waals surface area contributed by atoms with Crippen LogP contribution in [0.4, 0.5) is 0 Å². The first-order valence-electron chi connectivity index (χ1n) is 9.11. The molecule has 29 heavy (non-hydrogen) atoms. The Morgan fingerprint density at radius 2 is 1.86 bits per heavy atom. The third-order valence-corrected chi connectivity index (χ3v) is 5.04. The van der Waals surface area contributed by atoms with Crippen LogP contribution < -0.4 is 0 Å². The molecular weight excluding hydrogens is 364 g/mol. The summed E-state index contributed by atoms with van der Waals surface area (Å²) in [5.74, 6) is 0. The van der Waals surface area contributed by atoms with Crippen LogP contribution in [0.5, 0.6) is 0 Å². The van der Waals surface area contributed by atoms with Gasteiger partial charge in [-0.15, -0.1) is 0 Å². The average molecular weight is 378 g/mol. The molecule has 2 N–H and O–H groups in total. The molecule has 6 aromatic rings. The molecule has 0 aliphatic rings. The van der Waals surface area contributed by atoms with Crippen LogP contribution in [0.1, 0.15) is 0 Å². The minimum Gasteiger partial charge on any atom is -0.472 e. The molecule has 0 fully saturated rings. The summed E-state index contributed by atoms with van der Waals surface area (Å²) in [4.78, 5) is 16.5. The van der Waals surface area contributed by atoms with E-state index in [4.69, 9.17) is 4.42 Å². The Balaban J connectivity index is 1.53. The Bertz CT molecular complexity index is 1450. The molecule has 7 heteroatoms. The van der Waals surface area contributed by atoms with Gasteiger partial charge in [0.1, 0.15) is 5.69 Å². The second-order valence-electron chi connectivity index (χ2n) is 6.77. The first-order valence-corrected chi connectivity index (χ1v) is 9.11. The van der Waals surface area contributed by atoms with E-state index in [-0.39, 0.29) is 0 Å². The first-order chi connectivity index (χ1) is 14.4. The maximum Gasteiger partial charge on any atom is 0.116 e. The summed E-state index contributed by atoms with van der Waals surface area (Å²) < 4.78 is 5.24. The van der Waals surface area contributed by atoms with Gasteiger partial charge in [0.15, 0.2) is 0 Å². The molecule has 6 rings (SSSR count). The maximum absolute atomic E-state index is 5.24. The Labute approximate surface area is 164 Å². The van der Waals surface area contributed by atoms with Gasteiger partial charge in [-0.1, -0.05) is 0 Å². The van der Waals surface area contributed by atoms with E-state index in [1.807, 2.05) is 36.7 Å². The molecule has 0 aliphatic carbocycles. The van der Waals surface area contributed by atoms with Crippen LogP contribution in [0.25, 0.3) is 55.6 Å². The van der Waals surface area contributed by atoms with Crippen molar-refractivity contribution in [1.82, 2.24) is 30.1 Å². The number of nitrogens with one attached hydrogen (secondary N) is 2. The zero-order valence-electron chi connectivity index (χ0n) is 15.1. The number of rotatable bonds is 3. The molecule has 0 amide bonds. The summed E-state index contributed by atoms with van der Waals surface area (Å²) >= 11 is 0. The lowest BCUT2D eigenvalue weighted by Crippen LogP contribution is -1.85. The van der Waals surface area contributed by atoms with Crippen molar-refractivity contribution in [3.8, 4) is 33.8 Å². The molecule has 0 saturated heterocycles. The lowest BCUT2D eigenvalue weighted by Gasteiger charge is -2.00. The van der Waals surface area contributed by atoms with E-state index in [1.165, 1.54) is 0 Å². The van der Waals surface area contributed by atoms with Crippen molar-refractivity contribution in [1.29, 1.82) is 0 Å². The van der Waals surface area contributed by atoms with Crippen molar-refractivity contribution in [2.75, 3.05) is 0 Å². The van der Waals surface area contributed by atoms with Gasteiger partial charge in [0.25, 0.3) is 0 Å². The van der Waals surface area contributed by atoms with Crippen LogP contribution in [0, 0.1) is 0 Å². The smallest absolute Gasteiger partial charge is 0.116 e. The highest BCUT2D eigenvalue weighted by Crippen LogP contribution is 2.34. The topological polar surface area (TPSA) is 96.3 Å². The average Bonchev–Trinajstić information content (AvgIpc) is 3.52. The van der Waals surface area contributed by atoms with E-state index >= 15 is 0 Å². The van der Waals surface area contributed by atoms with Gasteiger partial charge in [-0.2, -0.15) is 5.10 Å². The fourth-order valence-corrected chi connectivity index (χ4v) is 3.62. The molecule has 0 unspecified atom stereocenters. The van der Waals surface area contributed by atoms with E-state index < -0.39 is 0 Å². The molecule has 6 heterocycles. The Hall–Kier alpha value is -4.26. The molecule has 0 radical (unpaired) electrons. The largest absolute Gasteiger partial charge is 0.472 e. The number of aromatic amines is 2. The summed E-state index contributed by atoms with van der Waals surface area (Å²) in [5, 5.41) is 9.66. The Kier molecular flexibility index (Phi) is 3.33. The van der Waals surface area contributed by atoms with Crippen molar-refractivity contribution in [3.63, 3.8) is 0 Å². The number of furan rings is 1. The second kappa shape index (κ2) is 6.13. The van der Waals surface area contributed by atoms with Crippen LogP contribution in [0.2, 0.25) is 0 Å². The Morgan fingerprint density at radius 3 is 2.72 bits per heavy atom. The quantitative estimate of drug-likeness (QED) is 0.460. The van der Waals surface area contributed by atoms with Crippen molar-refractivity contribution in [2.24, 2.45) is 0 Å². The van der Waals surface area contributed by atoms with Crippen molar-refractivity contribution in [2.45, 2.75) is 0 Å². The predicted molar refractivity (Wildman–Crippen MR) is 110 cm³/mol. The minimum atomic E-state index is 0.835. The molecule has 6 aromatic heterocycles. The number of hydrogen-bond acceptors (Lipinski definition) is 5. The molecule has 0 aliphatic heterocycles. The zero-order chi connectivity index (χ0) is 19.2. The second-order valence-corrected chi connectivity index (χ2v) is 6.77. The number of nitrogens with zero attached hydrogens (tertiary/aromatic N) is 4. The molecule has 138 valence electrons. The van der Waals surface area contributed by atoms with E-state index in [1.54, 1.807) is 31.1 Å². The fraction of sp³-hybridized carbons (Fsp3) is 0. The first kappa shape index (κ1) is 15.8. The normalized spacial score (nSPS) is 11.4. The standard InChI is InChI=1S/C22H14N6O/c1-2-13(8-23-4-1)18-7-16-21(11-25-18)27-28-22(16)19-6-15-17(14-3-5-29-12-14)9-24-10-20(15)26-19/h1-12,26H,(H,27,28). The molecule has 0 saturated carbocycles. The van der Waals surface area contributed by atoms with Gasteiger partial charge in [0.05, 0.1) is 47.3 Å². The highest BCUT2D eigenvalue weighted by molar-refractivity contribution is 6.00. The van der Waals surface area contributed by atoms with Crippen molar-refractivity contribution < 1.29 is 4.42 Å². The van der Waals surface area contributed by atoms with Gasteiger partial charge in [0, 0.05) is 46.1 Å². The zero-order valence-corrected chi connectivity index (χ0v) is 15.1. The van der Waals surface area contributed by atoms with E-state index in [0.717, 1.165) is 55.6 Å². The summed E-state index contributed by atoms with van der Waals surface area (Å²) in [5.41, 5.74) is 7.37. The van der Waals surface area contributed by atoms with Crippen LogP contribution in [0.15, 0.2) is 78.3 Å². The Morgan fingerprint density at radius 1 is 0.862 bits per heavy atom. The monoisotopic (exact) mass is 378 g/mol. The maximum atomic E-state index is 5.24. The van der Waals surface area contributed by atoms with E-state index in [2.05, 4.69) is 36.2 Å². The third kappa shape index (κ3) is 2.52. The van der Waals surface area contributed by atoms with Gasteiger partial charge in [0.2, 0.25) is 0 Å². The lowest BCUT2D eigenvalue weighted by molar-refractivity contribution is 0.568. The molecule has 0 bridgehead atoms. The van der Waals surface area contributed by atoms with Gasteiger partial charge >= 0.3 is 0 Å². The SMILES string of the molecule is c1cncc(-c2cc3c(-c4cc5c(-c6ccoc6)cncc5[nH]4)n[nH]c3cn2)c1. The molecular formula is C22H14N6O. The van der Waals surface area contributed by atoms with Gasteiger partial charge < -0.3 is 9.40 Å². The third-order valence-electron chi connectivity index (χ3n) is 5.04. The van der Waals surface area contributed by atoms with Gasteiger partial charge in [-0.3, -0.25) is 20.1 Å². The van der Waals surface area contributed by atoms with Gasteiger partial charge in [-0.05, 0) is 30.3 Å². The van der Waals surface area contributed by atoms with Crippen molar-refractivity contribution in [3.05, 3.63) is 73.8 Å². The number of hydrogen-bond donors (Lipinski definition) is 2.